The molecular formula is C9H18N2O2. The first-order chi connectivity index (χ1) is 6.20. The van der Waals surface area contributed by atoms with Gasteiger partial charge < -0.3 is 15.4 Å². The number of piperazine rings is 1. The van der Waals surface area contributed by atoms with Crippen LogP contribution in [0.1, 0.15) is 13.8 Å². The number of carbonyl (C=O) groups excluding carboxylic acids is 1. The van der Waals surface area contributed by atoms with Crippen molar-refractivity contribution >= 4 is 5.97 Å². The van der Waals surface area contributed by atoms with Crippen molar-refractivity contribution in [3.05, 3.63) is 0 Å². The molecule has 0 aromatic heterocycles. The van der Waals surface area contributed by atoms with E-state index >= 15 is 0 Å². The van der Waals surface area contributed by atoms with Crippen molar-refractivity contribution < 1.29 is 9.53 Å². The fourth-order valence-electron chi connectivity index (χ4n) is 1.17. The largest absolute Gasteiger partial charge is 0.464 e. The molecule has 2 N–H and O–H groups in total. The van der Waals surface area contributed by atoms with E-state index in [0.717, 1.165) is 13.1 Å². The van der Waals surface area contributed by atoms with Crippen LogP contribution in [0.3, 0.4) is 0 Å². The monoisotopic (exact) mass is 186 g/mol. The van der Waals surface area contributed by atoms with Crippen molar-refractivity contribution in [2.24, 2.45) is 5.92 Å². The normalized spacial score (nSPS) is 23.2. The Balaban J connectivity index is 2.21. The number of carbonyl (C=O) groups is 1. The lowest BCUT2D eigenvalue weighted by atomic mass is 10.2. The minimum Gasteiger partial charge on any atom is -0.464 e. The van der Waals surface area contributed by atoms with Gasteiger partial charge in [-0.3, -0.25) is 4.79 Å². The van der Waals surface area contributed by atoms with Gasteiger partial charge in [-0.05, 0) is 5.92 Å². The number of hydrogen-bond acceptors (Lipinski definition) is 4. The summed E-state index contributed by atoms with van der Waals surface area (Å²) < 4.78 is 5.10. The first kappa shape index (κ1) is 10.5. The third-order valence-electron chi connectivity index (χ3n) is 1.88. The number of hydrogen-bond donors (Lipinski definition) is 2. The van der Waals surface area contributed by atoms with Gasteiger partial charge in [0.25, 0.3) is 0 Å². The second-order valence-electron chi connectivity index (χ2n) is 3.73. The van der Waals surface area contributed by atoms with Crippen LogP contribution in [0, 0.1) is 5.92 Å². The van der Waals surface area contributed by atoms with Crippen molar-refractivity contribution in [2.45, 2.75) is 19.9 Å². The van der Waals surface area contributed by atoms with E-state index in [1.807, 2.05) is 13.8 Å². The van der Waals surface area contributed by atoms with Gasteiger partial charge in [0.2, 0.25) is 0 Å². The van der Waals surface area contributed by atoms with Crippen LogP contribution in [0.4, 0.5) is 0 Å². The molecule has 0 aromatic rings. The van der Waals surface area contributed by atoms with Crippen molar-refractivity contribution in [3.8, 4) is 0 Å². The highest BCUT2D eigenvalue weighted by Gasteiger charge is 2.21. The Labute approximate surface area is 79.0 Å². The molecule has 4 heteroatoms. The van der Waals surface area contributed by atoms with Crippen LogP contribution in [0.2, 0.25) is 0 Å². The van der Waals surface area contributed by atoms with E-state index < -0.39 is 0 Å². The summed E-state index contributed by atoms with van der Waals surface area (Å²) in [6.45, 7) is 7.00. The van der Waals surface area contributed by atoms with Gasteiger partial charge in [-0.25, -0.2) is 0 Å². The number of esters is 1. The summed E-state index contributed by atoms with van der Waals surface area (Å²) in [6.07, 6.45) is 0. The van der Waals surface area contributed by atoms with Crippen LogP contribution in [-0.2, 0) is 9.53 Å². The van der Waals surface area contributed by atoms with Crippen LogP contribution in [0.25, 0.3) is 0 Å². The van der Waals surface area contributed by atoms with Crippen molar-refractivity contribution in [1.29, 1.82) is 0 Å². The van der Waals surface area contributed by atoms with Crippen molar-refractivity contribution in [3.63, 3.8) is 0 Å². The van der Waals surface area contributed by atoms with Crippen molar-refractivity contribution in [1.82, 2.24) is 10.6 Å². The topological polar surface area (TPSA) is 50.4 Å². The Kier molecular flexibility index (Phi) is 4.18. The maximum absolute atomic E-state index is 11.4. The van der Waals surface area contributed by atoms with Gasteiger partial charge in [-0.1, -0.05) is 13.8 Å². The van der Waals surface area contributed by atoms with E-state index in [-0.39, 0.29) is 12.0 Å². The summed E-state index contributed by atoms with van der Waals surface area (Å²) in [5, 5.41) is 6.25. The smallest absolute Gasteiger partial charge is 0.324 e. The SMILES string of the molecule is CC(C)COC(=O)[C@H]1CNCCN1. The second-order valence-corrected chi connectivity index (χ2v) is 3.73. The van der Waals surface area contributed by atoms with Gasteiger partial charge in [0.15, 0.2) is 0 Å². The van der Waals surface area contributed by atoms with Gasteiger partial charge in [-0.2, -0.15) is 0 Å². The maximum atomic E-state index is 11.4. The predicted octanol–water partition coefficient (Wildman–Crippen LogP) is -0.253. The average molecular weight is 186 g/mol. The van der Waals surface area contributed by atoms with Gasteiger partial charge >= 0.3 is 5.97 Å². The average Bonchev–Trinajstić information content (AvgIpc) is 2.15. The predicted molar refractivity (Wildman–Crippen MR) is 50.5 cm³/mol. The minimum absolute atomic E-state index is 0.138. The zero-order valence-electron chi connectivity index (χ0n) is 8.30. The van der Waals surface area contributed by atoms with Crippen molar-refractivity contribution in [2.75, 3.05) is 26.2 Å². The summed E-state index contributed by atoms with van der Waals surface area (Å²) in [6, 6.07) is -0.160. The summed E-state index contributed by atoms with van der Waals surface area (Å²) in [5.74, 6) is 0.265. The number of ether oxygens (including phenoxy) is 1. The van der Waals surface area contributed by atoms with E-state index in [1.54, 1.807) is 0 Å². The number of rotatable bonds is 3. The summed E-state index contributed by atoms with van der Waals surface area (Å²) in [4.78, 5) is 11.4. The molecule has 0 unspecified atom stereocenters. The molecule has 4 nitrogen and oxygen atoms in total. The van der Waals surface area contributed by atoms with E-state index in [1.165, 1.54) is 0 Å². The highest BCUT2D eigenvalue weighted by Crippen LogP contribution is 1.96. The van der Waals surface area contributed by atoms with Crippen LogP contribution in [-0.4, -0.2) is 38.3 Å². The maximum Gasteiger partial charge on any atom is 0.324 e. The lowest BCUT2D eigenvalue weighted by Crippen LogP contribution is -2.52. The zero-order valence-corrected chi connectivity index (χ0v) is 8.30. The molecule has 1 fully saturated rings. The fraction of sp³-hybridized carbons (Fsp3) is 0.889. The molecule has 1 aliphatic rings. The van der Waals surface area contributed by atoms with E-state index in [2.05, 4.69) is 10.6 Å². The molecule has 0 saturated carbocycles. The van der Waals surface area contributed by atoms with E-state index in [0.29, 0.717) is 19.1 Å². The Morgan fingerprint density at radius 1 is 1.54 bits per heavy atom. The van der Waals surface area contributed by atoms with E-state index in [9.17, 15) is 4.79 Å². The molecule has 1 atom stereocenters. The molecule has 0 aromatic carbocycles. The standard InChI is InChI=1S/C9H18N2O2/c1-7(2)6-13-9(12)8-5-10-3-4-11-8/h7-8,10-11H,3-6H2,1-2H3/t8-/m1/s1. The minimum atomic E-state index is -0.160. The molecule has 0 aliphatic carbocycles. The Bertz CT molecular complexity index is 165. The molecule has 0 radical (unpaired) electrons. The fourth-order valence-corrected chi connectivity index (χ4v) is 1.17. The number of nitrogens with one attached hydrogen (secondary N) is 2. The van der Waals surface area contributed by atoms with Crippen LogP contribution in [0.5, 0.6) is 0 Å². The molecule has 0 amide bonds. The van der Waals surface area contributed by atoms with Crippen LogP contribution in [0.15, 0.2) is 0 Å². The lowest BCUT2D eigenvalue weighted by molar-refractivity contribution is -0.147. The molecule has 0 spiro atoms. The van der Waals surface area contributed by atoms with Gasteiger partial charge in [0, 0.05) is 19.6 Å². The highest BCUT2D eigenvalue weighted by molar-refractivity contribution is 5.76. The Hall–Kier alpha value is -0.610. The first-order valence-corrected chi connectivity index (χ1v) is 4.81. The Morgan fingerprint density at radius 3 is 2.85 bits per heavy atom. The lowest BCUT2D eigenvalue weighted by Gasteiger charge is -2.23. The zero-order chi connectivity index (χ0) is 9.68. The molecule has 0 bridgehead atoms. The third kappa shape index (κ3) is 3.74. The van der Waals surface area contributed by atoms with Crippen LogP contribution < -0.4 is 10.6 Å². The molecule has 76 valence electrons. The Morgan fingerprint density at radius 2 is 2.31 bits per heavy atom. The summed E-state index contributed by atoms with van der Waals surface area (Å²) >= 11 is 0. The molecular weight excluding hydrogens is 168 g/mol. The van der Waals surface area contributed by atoms with E-state index in [4.69, 9.17) is 4.74 Å². The van der Waals surface area contributed by atoms with Gasteiger partial charge in [-0.15, -0.1) is 0 Å². The molecule has 1 saturated heterocycles. The molecule has 1 rings (SSSR count). The third-order valence-corrected chi connectivity index (χ3v) is 1.88. The van der Waals surface area contributed by atoms with Gasteiger partial charge in [0.1, 0.15) is 6.04 Å². The summed E-state index contributed by atoms with van der Waals surface area (Å²) in [7, 11) is 0. The molecule has 1 aliphatic heterocycles. The quantitative estimate of drug-likeness (QED) is 0.597. The van der Waals surface area contributed by atoms with Crippen LogP contribution >= 0.6 is 0 Å². The second kappa shape index (κ2) is 5.19. The molecule has 1 heterocycles. The highest BCUT2D eigenvalue weighted by atomic mass is 16.5. The summed E-state index contributed by atoms with van der Waals surface area (Å²) in [5.41, 5.74) is 0. The van der Waals surface area contributed by atoms with Gasteiger partial charge in [0.05, 0.1) is 6.61 Å². The first-order valence-electron chi connectivity index (χ1n) is 4.81. The molecule has 13 heavy (non-hydrogen) atoms.